The Morgan fingerprint density at radius 2 is 1.44 bits per heavy atom. The number of aliphatic carboxylic acids is 1. The third-order valence-electron chi connectivity index (χ3n) is 12.8. The van der Waals surface area contributed by atoms with E-state index < -0.39 is 70.9 Å². The highest BCUT2D eigenvalue weighted by Crippen LogP contribution is 2.35. The topological polar surface area (TPSA) is 193 Å². The average molecular weight is 977 g/mol. The van der Waals surface area contributed by atoms with Crippen LogP contribution in [0.4, 0.5) is 4.79 Å². The molecule has 0 saturated heterocycles. The van der Waals surface area contributed by atoms with Gasteiger partial charge in [-0.2, -0.15) is 0 Å². The summed E-state index contributed by atoms with van der Waals surface area (Å²) in [5.41, 5.74) is 6.22. The second kappa shape index (κ2) is 24.4. The first-order valence-corrected chi connectivity index (χ1v) is 24.3. The minimum absolute atomic E-state index is 0.108. The summed E-state index contributed by atoms with van der Waals surface area (Å²) in [6.45, 7) is 12.6. The van der Waals surface area contributed by atoms with Crippen LogP contribution in [0.3, 0.4) is 0 Å². The molecule has 14 heteroatoms. The van der Waals surface area contributed by atoms with E-state index in [0.717, 1.165) is 38.9 Å². The molecule has 1 heterocycles. The van der Waals surface area contributed by atoms with E-state index in [9.17, 15) is 33.6 Å². The highest BCUT2D eigenvalue weighted by molar-refractivity contribution is 6.30. The summed E-state index contributed by atoms with van der Waals surface area (Å²) in [6.07, 6.45) is -0.510. The summed E-state index contributed by atoms with van der Waals surface area (Å²) >= 11 is 6.10. The Kier molecular flexibility index (Phi) is 19.0. The van der Waals surface area contributed by atoms with E-state index in [2.05, 4.69) is 10.6 Å². The molecule has 0 saturated carbocycles. The number of carboxylic acids is 1. The van der Waals surface area contributed by atoms with Gasteiger partial charge in [-0.15, -0.1) is 0 Å². The van der Waals surface area contributed by atoms with Crippen molar-refractivity contribution >= 4 is 58.6 Å². The van der Waals surface area contributed by atoms with Gasteiger partial charge in [0.15, 0.2) is 17.3 Å². The van der Waals surface area contributed by atoms with Gasteiger partial charge in [-0.1, -0.05) is 98.6 Å². The molecule has 70 heavy (non-hydrogen) atoms. The molecule has 4 aromatic carbocycles. The number of rotatable bonds is 18. The monoisotopic (exact) mass is 975 g/mol. The molecule has 0 aromatic heterocycles. The van der Waals surface area contributed by atoms with Gasteiger partial charge in [0.25, 0.3) is 0 Å². The normalized spacial score (nSPS) is 17.0. The van der Waals surface area contributed by atoms with E-state index >= 15 is 4.79 Å². The van der Waals surface area contributed by atoms with Crippen LogP contribution in [-0.4, -0.2) is 82.3 Å². The number of carbonyl (C=O) groups is 8. The maximum Gasteiger partial charge on any atom is 0.407 e. The van der Waals surface area contributed by atoms with Crippen LogP contribution in [-0.2, 0) is 39.9 Å². The Morgan fingerprint density at radius 3 is 2.07 bits per heavy atom. The number of alkyl carbamates (subject to hydrolysis) is 1. The lowest BCUT2D eigenvalue weighted by Crippen LogP contribution is -2.46. The third-order valence-corrected chi connectivity index (χ3v) is 13.0. The number of carbonyl (C=O) groups excluding carboxylic acids is 7. The number of unbranched alkanes of at least 4 members (excludes halogenated alkanes) is 1. The number of ketones is 4. The van der Waals surface area contributed by atoms with Crippen molar-refractivity contribution in [1.82, 2.24) is 15.5 Å². The molecule has 5 atom stereocenters. The molecule has 0 fully saturated rings. The summed E-state index contributed by atoms with van der Waals surface area (Å²) < 4.78 is 5.37. The van der Waals surface area contributed by atoms with Gasteiger partial charge in [0, 0.05) is 67.6 Å². The summed E-state index contributed by atoms with van der Waals surface area (Å²) in [6, 6.07) is 23.6. The fourth-order valence-electron chi connectivity index (χ4n) is 8.73. The maximum absolute atomic E-state index is 15.0. The van der Waals surface area contributed by atoms with Gasteiger partial charge >= 0.3 is 12.1 Å². The van der Waals surface area contributed by atoms with Crippen LogP contribution in [0, 0.1) is 31.6 Å². The molecule has 0 spiro atoms. The van der Waals surface area contributed by atoms with Gasteiger partial charge in [-0.3, -0.25) is 33.6 Å². The largest absolute Gasteiger partial charge is 0.481 e. The SMILES string of the molecule is Cc1ccc2cc1-c1cc(ccc1C)[C@H](N(C)C(=O)[C@H](CCCCNC(=O)OC(C)(C)C)CC(=O)c1ccc(-c3ccc(Cl)cc3)cc1)C(=O)C[C@@H](C)C(=O)N[C@H](C(=O)C[C@@H](C)C(=O)CCC(=O)O)C2. The number of carboxylic acid groups (broad SMARTS) is 1. The number of fused-ring (bicyclic) bond motifs is 5. The molecule has 3 amide bonds. The minimum Gasteiger partial charge on any atom is -0.481 e. The lowest BCUT2D eigenvalue weighted by atomic mass is 9.86. The highest BCUT2D eigenvalue weighted by atomic mass is 35.5. The Morgan fingerprint density at radius 1 is 0.829 bits per heavy atom. The van der Waals surface area contributed by atoms with Gasteiger partial charge in [-0.25, -0.2) is 4.79 Å². The summed E-state index contributed by atoms with van der Waals surface area (Å²) in [7, 11) is 1.54. The number of Topliss-reactive ketones (excluding diaryl/α,β-unsaturated/α-hetero) is 4. The zero-order chi connectivity index (χ0) is 51.4. The van der Waals surface area contributed by atoms with E-state index in [1.165, 1.54) is 4.90 Å². The van der Waals surface area contributed by atoms with Crippen molar-refractivity contribution in [3.05, 3.63) is 118 Å². The fraction of sp³-hybridized carbons (Fsp3) is 0.429. The molecule has 4 bridgehead atoms. The molecular formula is C56H66ClN3O10. The van der Waals surface area contributed by atoms with Crippen LogP contribution >= 0.6 is 11.6 Å². The lowest BCUT2D eigenvalue weighted by Gasteiger charge is -2.32. The number of hydrogen-bond acceptors (Lipinski definition) is 9. The molecule has 0 unspecified atom stereocenters. The first-order chi connectivity index (χ1) is 33.0. The number of likely N-dealkylation sites (N-methyl/N-ethyl adjacent to an activating group) is 1. The molecule has 1 aliphatic heterocycles. The third kappa shape index (κ3) is 15.3. The maximum atomic E-state index is 15.0. The number of nitrogens with zero attached hydrogens (tertiary/aromatic N) is 1. The van der Waals surface area contributed by atoms with E-state index in [1.54, 1.807) is 72.0 Å². The number of nitrogens with one attached hydrogen (secondary N) is 2. The molecule has 372 valence electrons. The number of benzene rings is 4. The number of aryl methyl sites for hydroxylation is 2. The van der Waals surface area contributed by atoms with Crippen molar-refractivity contribution < 1.29 is 48.2 Å². The van der Waals surface area contributed by atoms with Crippen LogP contribution in [0.15, 0.2) is 84.9 Å². The van der Waals surface area contributed by atoms with Gasteiger partial charge in [0.1, 0.15) is 17.4 Å². The predicted molar refractivity (Wildman–Crippen MR) is 269 cm³/mol. The Bertz CT molecular complexity index is 2580. The predicted octanol–water partition coefficient (Wildman–Crippen LogP) is 10.0. The van der Waals surface area contributed by atoms with Crippen LogP contribution in [0.25, 0.3) is 22.3 Å². The molecule has 3 N–H and O–H groups in total. The first kappa shape index (κ1) is 54.5. The standard InChI is InChI=1S/C56H66ClN3O10/c1-33-12-14-37-29-44(33)45-31-41(15-13-34(45)2)52(50(64)28-36(4)53(67)59-46(30-37)49(63)27-35(3)47(61)24-25-51(65)66)60(8)54(68)42(11-9-10-26-58-55(69)70-56(5,6)7)32-48(62)40-18-16-38(17-19-40)39-20-22-43(57)23-21-39/h12-23,29,31,35-36,42,46,52H,9-11,24-28,30,32H2,1-8H3,(H,58,69)(H,59,67)(H,65,66)/t35-,36-,42-,46+,52+/m1/s1. The molecule has 13 nitrogen and oxygen atoms in total. The van der Waals surface area contributed by atoms with Crippen LogP contribution in [0.1, 0.15) is 125 Å². The number of halogens is 1. The first-order valence-electron chi connectivity index (χ1n) is 23.9. The van der Waals surface area contributed by atoms with Gasteiger partial charge in [0.05, 0.1) is 12.5 Å². The summed E-state index contributed by atoms with van der Waals surface area (Å²) in [4.78, 5) is 110. The van der Waals surface area contributed by atoms with E-state index in [1.807, 2.05) is 68.4 Å². The minimum atomic E-state index is -1.17. The van der Waals surface area contributed by atoms with Gasteiger partial charge in [0.2, 0.25) is 11.8 Å². The van der Waals surface area contributed by atoms with Crippen LogP contribution < -0.4 is 10.6 Å². The quantitative estimate of drug-likeness (QED) is 0.0638. The molecule has 0 radical (unpaired) electrons. The van der Waals surface area contributed by atoms with Crippen LogP contribution in [0.2, 0.25) is 5.02 Å². The number of ether oxygens (including phenoxy) is 1. The van der Waals surface area contributed by atoms with Crippen molar-refractivity contribution in [3.63, 3.8) is 0 Å². The second-order valence-electron chi connectivity index (χ2n) is 19.7. The number of hydrogen-bond donors (Lipinski definition) is 3. The van der Waals surface area contributed by atoms with Crippen molar-refractivity contribution in [2.24, 2.45) is 17.8 Å². The average Bonchev–Trinajstić information content (AvgIpc) is 3.30. The Hall–Kier alpha value is -6.47. The number of amides is 3. The molecule has 4 aromatic rings. The van der Waals surface area contributed by atoms with E-state index in [0.29, 0.717) is 29.0 Å². The molecular weight excluding hydrogens is 910 g/mol. The Balaban J connectivity index is 1.47. The fourth-order valence-corrected chi connectivity index (χ4v) is 8.85. The van der Waals surface area contributed by atoms with Gasteiger partial charge in [-0.05, 0) is 117 Å². The molecule has 1 aliphatic rings. The Labute approximate surface area is 416 Å². The van der Waals surface area contributed by atoms with E-state index in [4.69, 9.17) is 21.4 Å². The lowest BCUT2D eigenvalue weighted by molar-refractivity contribution is -0.142. The summed E-state index contributed by atoms with van der Waals surface area (Å²) in [5, 5.41) is 15.3. The van der Waals surface area contributed by atoms with Crippen molar-refractivity contribution in [1.29, 1.82) is 0 Å². The summed E-state index contributed by atoms with van der Waals surface area (Å²) in [5.74, 6) is -6.20. The van der Waals surface area contributed by atoms with E-state index in [-0.39, 0.29) is 63.1 Å². The zero-order valence-corrected chi connectivity index (χ0v) is 42.2. The van der Waals surface area contributed by atoms with Crippen molar-refractivity contribution in [3.8, 4) is 22.3 Å². The van der Waals surface area contributed by atoms with Crippen molar-refractivity contribution in [2.45, 2.75) is 124 Å². The smallest absolute Gasteiger partial charge is 0.407 e. The zero-order valence-electron chi connectivity index (χ0n) is 41.5. The van der Waals surface area contributed by atoms with Crippen LogP contribution in [0.5, 0.6) is 0 Å². The molecule has 5 rings (SSSR count). The highest BCUT2D eigenvalue weighted by Gasteiger charge is 2.36. The second-order valence-corrected chi connectivity index (χ2v) is 20.1. The molecule has 0 aliphatic carbocycles. The van der Waals surface area contributed by atoms with Crippen molar-refractivity contribution in [2.75, 3.05) is 13.6 Å². The van der Waals surface area contributed by atoms with Gasteiger partial charge < -0.3 is 25.4 Å².